The Labute approximate surface area is 111 Å². The van der Waals surface area contributed by atoms with Crippen molar-refractivity contribution < 1.29 is 8.42 Å². The normalized spacial score (nSPS) is 21.2. The molecule has 0 aliphatic carbocycles. The second kappa shape index (κ2) is 5.00. The molecule has 1 atom stereocenters. The largest absolute Gasteiger partial charge is 0.394 e. The van der Waals surface area contributed by atoms with Gasteiger partial charge in [0, 0.05) is 37.0 Å². The van der Waals surface area contributed by atoms with Crippen LogP contribution in [0, 0.1) is 0 Å². The van der Waals surface area contributed by atoms with E-state index in [0.29, 0.717) is 23.8 Å². The Morgan fingerprint density at radius 2 is 2.33 bits per heavy atom. The van der Waals surface area contributed by atoms with E-state index in [-0.39, 0.29) is 5.75 Å². The fourth-order valence-corrected chi connectivity index (χ4v) is 5.00. The van der Waals surface area contributed by atoms with Gasteiger partial charge in [0.25, 0.3) is 0 Å². The zero-order valence-electron chi connectivity index (χ0n) is 10.5. The number of anilines is 2. The minimum absolute atomic E-state index is 0.140. The smallest absolute Gasteiger partial charge is 0.174 e. The summed E-state index contributed by atoms with van der Waals surface area (Å²) in [6.45, 7) is 2.34. The van der Waals surface area contributed by atoms with Crippen molar-refractivity contribution in [2.45, 2.75) is 12.3 Å². The predicted molar refractivity (Wildman–Crippen MR) is 75.5 cm³/mol. The van der Waals surface area contributed by atoms with Gasteiger partial charge < -0.3 is 10.6 Å². The number of aromatic nitrogens is 2. The highest BCUT2D eigenvalue weighted by Crippen LogP contribution is 2.29. The van der Waals surface area contributed by atoms with Gasteiger partial charge in [-0.1, -0.05) is 6.92 Å². The first-order chi connectivity index (χ1) is 8.45. The number of nitrogens with two attached hydrogens (primary N) is 1. The second-order valence-electron chi connectivity index (χ2n) is 4.26. The molecule has 0 saturated carbocycles. The molecular formula is C10H18N4O2S2. The molecule has 1 fully saturated rings. The molecule has 0 amide bonds. The van der Waals surface area contributed by atoms with E-state index in [1.807, 2.05) is 4.90 Å². The third-order valence-corrected chi connectivity index (χ3v) is 6.30. The SMILES string of the molecule is CCS(=O)(=O)C1CSCCN1c1nn(C)cc1N. The number of thioether (sulfide) groups is 1. The minimum atomic E-state index is -3.13. The van der Waals surface area contributed by atoms with Crippen LogP contribution in [0.1, 0.15) is 6.92 Å². The molecule has 1 aromatic heterocycles. The lowest BCUT2D eigenvalue weighted by Crippen LogP contribution is -2.48. The summed E-state index contributed by atoms with van der Waals surface area (Å²) in [5, 5.41) is 3.76. The first kappa shape index (κ1) is 13.5. The van der Waals surface area contributed by atoms with Gasteiger partial charge in [0.1, 0.15) is 5.37 Å². The molecule has 2 N–H and O–H groups in total. The molecule has 1 aromatic rings. The van der Waals surface area contributed by atoms with Crippen LogP contribution in [-0.2, 0) is 16.9 Å². The third kappa shape index (κ3) is 2.44. The van der Waals surface area contributed by atoms with Crippen LogP contribution in [0.15, 0.2) is 6.20 Å². The predicted octanol–water partition coefficient (Wildman–Crippen LogP) is 0.316. The fourth-order valence-electron chi connectivity index (χ4n) is 2.03. The molecule has 0 spiro atoms. The lowest BCUT2D eigenvalue weighted by Gasteiger charge is -2.35. The Morgan fingerprint density at radius 1 is 1.61 bits per heavy atom. The number of aryl methyl sites for hydroxylation is 1. The molecule has 6 nitrogen and oxygen atoms in total. The zero-order valence-corrected chi connectivity index (χ0v) is 12.2. The van der Waals surface area contributed by atoms with E-state index in [1.165, 1.54) is 0 Å². The first-order valence-electron chi connectivity index (χ1n) is 5.80. The molecule has 18 heavy (non-hydrogen) atoms. The number of rotatable bonds is 3. The zero-order chi connectivity index (χ0) is 13.3. The molecule has 0 radical (unpaired) electrons. The summed E-state index contributed by atoms with van der Waals surface area (Å²) >= 11 is 1.66. The van der Waals surface area contributed by atoms with E-state index < -0.39 is 15.2 Å². The molecule has 0 bridgehead atoms. The Hall–Kier alpha value is -0.890. The van der Waals surface area contributed by atoms with Crippen molar-refractivity contribution in [3.05, 3.63) is 6.20 Å². The van der Waals surface area contributed by atoms with Gasteiger partial charge in [-0.15, -0.1) is 0 Å². The molecule has 2 heterocycles. The van der Waals surface area contributed by atoms with Gasteiger partial charge in [0.05, 0.1) is 5.69 Å². The topological polar surface area (TPSA) is 81.2 Å². The number of sulfone groups is 1. The van der Waals surface area contributed by atoms with E-state index in [2.05, 4.69) is 5.10 Å². The van der Waals surface area contributed by atoms with Crippen LogP contribution >= 0.6 is 11.8 Å². The molecule has 1 unspecified atom stereocenters. The number of hydrogen-bond donors (Lipinski definition) is 1. The summed E-state index contributed by atoms with van der Waals surface area (Å²) in [7, 11) is -1.35. The van der Waals surface area contributed by atoms with Crippen LogP contribution in [0.25, 0.3) is 0 Å². The van der Waals surface area contributed by atoms with Gasteiger partial charge in [0.15, 0.2) is 15.7 Å². The molecule has 0 aromatic carbocycles. The lowest BCUT2D eigenvalue weighted by atomic mass is 10.4. The lowest BCUT2D eigenvalue weighted by molar-refractivity contribution is 0.578. The van der Waals surface area contributed by atoms with Gasteiger partial charge in [-0.25, -0.2) is 8.42 Å². The highest BCUT2D eigenvalue weighted by molar-refractivity contribution is 8.01. The van der Waals surface area contributed by atoms with Crippen molar-refractivity contribution in [2.24, 2.45) is 7.05 Å². The van der Waals surface area contributed by atoms with Crippen LogP contribution in [0.5, 0.6) is 0 Å². The van der Waals surface area contributed by atoms with E-state index in [1.54, 1.807) is 36.6 Å². The maximum Gasteiger partial charge on any atom is 0.174 e. The van der Waals surface area contributed by atoms with E-state index >= 15 is 0 Å². The molecule has 8 heteroatoms. The van der Waals surface area contributed by atoms with Gasteiger partial charge in [-0.3, -0.25) is 4.68 Å². The van der Waals surface area contributed by atoms with Crippen molar-refractivity contribution in [3.8, 4) is 0 Å². The van der Waals surface area contributed by atoms with Crippen LogP contribution in [0.3, 0.4) is 0 Å². The maximum absolute atomic E-state index is 12.1. The van der Waals surface area contributed by atoms with Gasteiger partial charge in [0.2, 0.25) is 0 Å². The Bertz CT molecular complexity index is 526. The van der Waals surface area contributed by atoms with Gasteiger partial charge >= 0.3 is 0 Å². The second-order valence-corrected chi connectivity index (χ2v) is 7.85. The average Bonchev–Trinajstić information content (AvgIpc) is 2.68. The Balaban J connectivity index is 2.37. The van der Waals surface area contributed by atoms with Crippen LogP contribution in [0.4, 0.5) is 11.5 Å². The monoisotopic (exact) mass is 290 g/mol. The number of hydrogen-bond acceptors (Lipinski definition) is 6. The van der Waals surface area contributed by atoms with Crippen molar-refractivity contribution >= 4 is 33.1 Å². The number of nitrogens with zero attached hydrogens (tertiary/aromatic N) is 3. The number of nitrogen functional groups attached to an aromatic ring is 1. The summed E-state index contributed by atoms with van der Waals surface area (Å²) in [5.41, 5.74) is 6.42. The molecule has 1 aliphatic rings. The van der Waals surface area contributed by atoms with Crippen LogP contribution in [0.2, 0.25) is 0 Å². The summed E-state index contributed by atoms with van der Waals surface area (Å²) in [6, 6.07) is 0. The fraction of sp³-hybridized carbons (Fsp3) is 0.700. The van der Waals surface area contributed by atoms with Gasteiger partial charge in [-0.2, -0.15) is 16.9 Å². The van der Waals surface area contributed by atoms with Crippen molar-refractivity contribution in [1.29, 1.82) is 0 Å². The Kier molecular flexibility index (Phi) is 3.76. The van der Waals surface area contributed by atoms with Crippen LogP contribution in [-0.4, -0.2) is 47.4 Å². The maximum atomic E-state index is 12.1. The quantitative estimate of drug-likeness (QED) is 0.863. The van der Waals surface area contributed by atoms with E-state index in [4.69, 9.17) is 5.73 Å². The van der Waals surface area contributed by atoms with Crippen molar-refractivity contribution in [2.75, 3.05) is 34.4 Å². The molecule has 102 valence electrons. The highest BCUT2D eigenvalue weighted by atomic mass is 32.2. The molecule has 2 rings (SSSR count). The minimum Gasteiger partial charge on any atom is -0.394 e. The summed E-state index contributed by atoms with van der Waals surface area (Å²) < 4.78 is 25.9. The van der Waals surface area contributed by atoms with Gasteiger partial charge in [-0.05, 0) is 0 Å². The third-order valence-electron chi connectivity index (χ3n) is 3.01. The molecular weight excluding hydrogens is 272 g/mol. The van der Waals surface area contributed by atoms with Crippen LogP contribution < -0.4 is 10.6 Å². The molecule has 1 saturated heterocycles. The van der Waals surface area contributed by atoms with Crippen molar-refractivity contribution in [1.82, 2.24) is 9.78 Å². The van der Waals surface area contributed by atoms with Crippen molar-refractivity contribution in [3.63, 3.8) is 0 Å². The standard InChI is InChI=1S/C10H18N4O2S2/c1-3-18(15,16)9-7-17-5-4-14(9)10-8(11)6-13(2)12-10/h6,9H,3-5,7,11H2,1-2H3. The summed E-state index contributed by atoms with van der Waals surface area (Å²) in [6.07, 6.45) is 1.70. The van der Waals surface area contributed by atoms with E-state index in [0.717, 1.165) is 5.75 Å². The van der Waals surface area contributed by atoms with E-state index in [9.17, 15) is 8.42 Å². The summed E-state index contributed by atoms with van der Waals surface area (Å²) in [4.78, 5) is 1.82. The highest BCUT2D eigenvalue weighted by Gasteiger charge is 2.34. The Morgan fingerprint density at radius 3 is 2.89 bits per heavy atom. The molecule has 1 aliphatic heterocycles. The first-order valence-corrected chi connectivity index (χ1v) is 8.67. The summed E-state index contributed by atoms with van der Waals surface area (Å²) in [5.74, 6) is 2.19. The average molecular weight is 290 g/mol.